The van der Waals surface area contributed by atoms with Crippen molar-refractivity contribution in [2.45, 2.75) is 74.9 Å². The Labute approximate surface area is 152 Å². The van der Waals surface area contributed by atoms with Crippen LogP contribution in [0.3, 0.4) is 0 Å². The Morgan fingerprint density at radius 2 is 1.88 bits per heavy atom. The summed E-state index contributed by atoms with van der Waals surface area (Å²) in [6, 6.07) is 0. The van der Waals surface area contributed by atoms with E-state index in [1.165, 1.54) is 0 Å². The van der Waals surface area contributed by atoms with Crippen LogP contribution in [-0.4, -0.2) is 58.1 Å². The molecule has 0 aromatic rings. The van der Waals surface area contributed by atoms with Crippen molar-refractivity contribution in [3.63, 3.8) is 0 Å². The lowest BCUT2D eigenvalue weighted by Crippen LogP contribution is -2.54. The van der Waals surface area contributed by atoms with Gasteiger partial charge in [-0.25, -0.2) is 0 Å². The van der Waals surface area contributed by atoms with Crippen LogP contribution in [0.15, 0.2) is 0 Å². The fourth-order valence-electron chi connectivity index (χ4n) is 4.68. The van der Waals surface area contributed by atoms with E-state index in [2.05, 4.69) is 0 Å². The molecule has 2 rings (SSSR count). The van der Waals surface area contributed by atoms with Crippen LogP contribution in [0.25, 0.3) is 0 Å². The molecule has 0 radical (unpaired) electrons. The minimum absolute atomic E-state index is 0.0840. The third kappa shape index (κ3) is 4.71. The van der Waals surface area contributed by atoms with Gasteiger partial charge in [-0.2, -0.15) is 17.2 Å². The van der Waals surface area contributed by atoms with Crippen LogP contribution < -0.4 is 0 Å². The Morgan fingerprint density at radius 1 is 1.23 bits per heavy atom. The average Bonchev–Trinajstić information content (AvgIpc) is 2.43. The molecule has 2 saturated carbocycles. The normalized spacial score (nSPS) is 33.3. The number of fused-ring (bicyclic) bond motifs is 2. The first-order valence-corrected chi connectivity index (χ1v) is 10.2. The molecule has 0 aromatic carbocycles. The van der Waals surface area contributed by atoms with Gasteiger partial charge in [0, 0.05) is 13.0 Å². The van der Waals surface area contributed by atoms with E-state index in [0.717, 1.165) is 32.1 Å². The molecule has 2 aliphatic carbocycles. The molecule has 2 fully saturated rings. The number of alkyl halides is 2. The monoisotopic (exact) mass is 402 g/mol. The van der Waals surface area contributed by atoms with Crippen LogP contribution in [0.4, 0.5) is 8.78 Å². The predicted octanol–water partition coefficient (Wildman–Crippen LogP) is 1.67. The number of hydrogen-bond donors (Lipinski definition) is 4. The minimum atomic E-state index is -5.77. The zero-order valence-electron chi connectivity index (χ0n) is 14.8. The van der Waals surface area contributed by atoms with E-state index in [0.29, 0.717) is 18.8 Å². The zero-order chi connectivity index (χ0) is 19.9. The van der Waals surface area contributed by atoms with Gasteiger partial charge in [0.2, 0.25) is 0 Å². The minimum Gasteiger partial charge on any atom is -0.390 e. The Morgan fingerprint density at radius 3 is 2.50 bits per heavy atom. The molecule has 10 heteroatoms. The topological polar surface area (TPSA) is 124 Å². The quantitative estimate of drug-likeness (QED) is 0.276. The van der Waals surface area contributed by atoms with Crippen molar-refractivity contribution in [2.24, 2.45) is 11.3 Å². The van der Waals surface area contributed by atoms with E-state index in [9.17, 15) is 22.3 Å². The standard InChI is InChI=1S/C16H28F2O7S/c1-13(19)9-12-3-2-4-14(10-12,11-13)5-7-25-8-6-15(17,18)16(20,21)26(22,23)24/h12,19-21H,2-11H2,1H3,(H,22,23,24). The average molecular weight is 402 g/mol. The second-order valence-corrected chi connectivity index (χ2v) is 9.76. The molecular formula is C16H28F2O7S. The number of ether oxygens (including phenoxy) is 1. The summed E-state index contributed by atoms with van der Waals surface area (Å²) in [5, 5.41) is 23.9. The van der Waals surface area contributed by atoms with Crippen molar-refractivity contribution in [1.29, 1.82) is 0 Å². The molecule has 0 aromatic heterocycles. The van der Waals surface area contributed by atoms with Crippen molar-refractivity contribution >= 4 is 10.1 Å². The molecule has 0 heterocycles. The maximum atomic E-state index is 13.6. The molecule has 0 saturated heterocycles. The smallest absolute Gasteiger partial charge is 0.360 e. The van der Waals surface area contributed by atoms with Gasteiger partial charge < -0.3 is 20.1 Å². The van der Waals surface area contributed by atoms with Crippen molar-refractivity contribution in [3.05, 3.63) is 0 Å². The van der Waals surface area contributed by atoms with Crippen LogP contribution >= 0.6 is 0 Å². The molecule has 3 atom stereocenters. The van der Waals surface area contributed by atoms with E-state index in [1.54, 1.807) is 0 Å². The van der Waals surface area contributed by atoms with Gasteiger partial charge in [-0.15, -0.1) is 0 Å². The summed E-state index contributed by atoms with van der Waals surface area (Å²) < 4.78 is 62.3. The molecule has 0 amide bonds. The van der Waals surface area contributed by atoms with Crippen LogP contribution in [-0.2, 0) is 14.9 Å². The van der Waals surface area contributed by atoms with E-state index in [1.807, 2.05) is 6.92 Å². The van der Waals surface area contributed by atoms with E-state index in [-0.39, 0.29) is 12.0 Å². The van der Waals surface area contributed by atoms with E-state index >= 15 is 0 Å². The molecule has 26 heavy (non-hydrogen) atoms. The van der Waals surface area contributed by atoms with Crippen molar-refractivity contribution in [3.8, 4) is 0 Å². The van der Waals surface area contributed by atoms with Gasteiger partial charge in [-0.05, 0) is 50.4 Å². The fourth-order valence-corrected chi connectivity index (χ4v) is 5.16. The third-order valence-corrected chi connectivity index (χ3v) is 6.72. The molecule has 4 N–H and O–H groups in total. The summed E-state index contributed by atoms with van der Waals surface area (Å²) in [7, 11) is -5.77. The van der Waals surface area contributed by atoms with Crippen LogP contribution in [0, 0.1) is 11.3 Å². The van der Waals surface area contributed by atoms with E-state index in [4.69, 9.17) is 19.5 Å². The van der Waals surface area contributed by atoms with Crippen molar-refractivity contribution in [1.82, 2.24) is 0 Å². The lowest BCUT2D eigenvalue weighted by molar-refractivity contribution is -0.249. The van der Waals surface area contributed by atoms with Gasteiger partial charge in [0.1, 0.15) is 0 Å². The highest BCUT2D eigenvalue weighted by Gasteiger charge is 2.61. The van der Waals surface area contributed by atoms with Crippen LogP contribution in [0.2, 0.25) is 0 Å². The largest absolute Gasteiger partial charge is 0.390 e. The van der Waals surface area contributed by atoms with E-state index < -0.39 is 39.8 Å². The third-order valence-electron chi connectivity index (χ3n) is 5.70. The summed E-state index contributed by atoms with van der Waals surface area (Å²) in [6.45, 7) is 1.37. The maximum Gasteiger partial charge on any atom is 0.360 e. The number of rotatable bonds is 8. The highest BCUT2D eigenvalue weighted by Crippen LogP contribution is 2.54. The van der Waals surface area contributed by atoms with Gasteiger partial charge >= 0.3 is 21.2 Å². The first-order valence-electron chi connectivity index (χ1n) is 8.80. The Hall–Kier alpha value is -0.390. The molecule has 2 aliphatic rings. The summed E-state index contributed by atoms with van der Waals surface area (Å²) in [6.07, 6.45) is 4.78. The molecule has 3 unspecified atom stereocenters. The van der Waals surface area contributed by atoms with Crippen molar-refractivity contribution in [2.75, 3.05) is 13.2 Å². The van der Waals surface area contributed by atoms with Crippen molar-refractivity contribution < 1.29 is 41.8 Å². The molecule has 154 valence electrons. The zero-order valence-corrected chi connectivity index (χ0v) is 15.6. The highest BCUT2D eigenvalue weighted by molar-refractivity contribution is 7.86. The Bertz CT molecular complexity index is 606. The van der Waals surface area contributed by atoms with Gasteiger partial charge in [-0.3, -0.25) is 4.55 Å². The molecule has 0 spiro atoms. The van der Waals surface area contributed by atoms with Crippen LogP contribution in [0.5, 0.6) is 0 Å². The summed E-state index contributed by atoms with van der Waals surface area (Å²) in [5.41, 5.74) is -0.821. The van der Waals surface area contributed by atoms with Gasteiger partial charge in [0.25, 0.3) is 0 Å². The molecule has 2 bridgehead atoms. The van der Waals surface area contributed by atoms with Gasteiger partial charge in [0.05, 0.1) is 12.2 Å². The molecular weight excluding hydrogens is 374 g/mol. The van der Waals surface area contributed by atoms with Gasteiger partial charge in [0.15, 0.2) is 0 Å². The Kier molecular flexibility index (Phi) is 6.08. The lowest BCUT2D eigenvalue weighted by atomic mass is 9.57. The summed E-state index contributed by atoms with van der Waals surface area (Å²) in [5.74, 6) is -4.03. The highest BCUT2D eigenvalue weighted by atomic mass is 32.2. The predicted molar refractivity (Wildman–Crippen MR) is 88.0 cm³/mol. The van der Waals surface area contributed by atoms with Crippen LogP contribution in [0.1, 0.15) is 58.3 Å². The lowest BCUT2D eigenvalue weighted by Gasteiger charge is -2.51. The summed E-state index contributed by atoms with van der Waals surface area (Å²) in [4.78, 5) is 0. The Balaban J connectivity index is 1.83. The van der Waals surface area contributed by atoms with Gasteiger partial charge in [-0.1, -0.05) is 12.8 Å². The molecule has 7 nitrogen and oxygen atoms in total. The molecule has 0 aliphatic heterocycles. The second-order valence-electron chi connectivity index (χ2n) is 8.24. The number of aliphatic hydroxyl groups is 3. The summed E-state index contributed by atoms with van der Waals surface area (Å²) >= 11 is 0. The maximum absolute atomic E-state index is 13.6. The SMILES string of the molecule is CC1(O)CC2CCCC(CCOCCC(F)(F)C(O)(O)S(=O)(=O)O)(C2)C1. The number of halogens is 2. The number of hydrogen-bond acceptors (Lipinski definition) is 6. The first kappa shape index (κ1) is 21.9. The fraction of sp³-hybridized carbons (Fsp3) is 1.00. The first-order chi connectivity index (χ1) is 11.7. The second kappa shape index (κ2) is 7.21.